The van der Waals surface area contributed by atoms with Crippen molar-refractivity contribution in [2.45, 2.75) is 96.9 Å². The number of carbonyl (C=O) groups is 3. The number of amides is 1. The number of ether oxygens (including phenoxy) is 2. The van der Waals surface area contributed by atoms with E-state index in [1.807, 2.05) is 0 Å². The number of fused-ring (bicyclic) bond motifs is 5. The van der Waals surface area contributed by atoms with E-state index in [0.717, 1.165) is 19.3 Å². The largest absolute Gasteiger partial charge is 0.508 e. The second kappa shape index (κ2) is 8.86. The summed E-state index contributed by atoms with van der Waals surface area (Å²) in [6.07, 6.45) is 3.15. The van der Waals surface area contributed by atoms with Crippen LogP contribution in [0, 0.1) is 22.7 Å². The number of aliphatic hydroxyl groups is 1. The van der Waals surface area contributed by atoms with Gasteiger partial charge in [-0.1, -0.05) is 27.7 Å². The topological polar surface area (TPSA) is 134 Å². The van der Waals surface area contributed by atoms with E-state index in [1.165, 1.54) is 18.1 Å². The van der Waals surface area contributed by atoms with Crippen molar-refractivity contribution in [1.29, 1.82) is 0 Å². The van der Waals surface area contributed by atoms with Crippen LogP contribution in [0.15, 0.2) is 6.07 Å². The van der Waals surface area contributed by atoms with E-state index in [1.54, 1.807) is 0 Å². The van der Waals surface area contributed by atoms with Gasteiger partial charge < -0.3 is 29.7 Å². The summed E-state index contributed by atoms with van der Waals surface area (Å²) in [5.74, 6) is -1.28. The number of hydrogen-bond donors (Lipinski definition) is 3. The minimum atomic E-state index is -1.07. The van der Waals surface area contributed by atoms with Crippen LogP contribution >= 0.6 is 0 Å². The summed E-state index contributed by atoms with van der Waals surface area (Å²) in [5.41, 5.74) is 0.418. The quantitative estimate of drug-likeness (QED) is 0.492. The average Bonchev–Trinajstić information content (AvgIpc) is 3.41. The summed E-state index contributed by atoms with van der Waals surface area (Å²) >= 11 is 0. The van der Waals surface area contributed by atoms with Gasteiger partial charge in [0.05, 0.1) is 25.3 Å². The number of phenolic OH excluding ortho intramolecular Hbond substituents is 1. The molecule has 9 nitrogen and oxygen atoms in total. The van der Waals surface area contributed by atoms with Gasteiger partial charge in [-0.05, 0) is 55.4 Å². The molecule has 2 fully saturated rings. The molecule has 1 amide bonds. The first-order valence-electron chi connectivity index (χ1n) is 13.6. The lowest BCUT2D eigenvalue weighted by Crippen LogP contribution is -2.66. The van der Waals surface area contributed by atoms with Crippen LogP contribution in [0.2, 0.25) is 0 Å². The van der Waals surface area contributed by atoms with Crippen molar-refractivity contribution in [2.75, 3.05) is 7.11 Å². The molecule has 1 aromatic rings. The molecule has 4 aliphatic rings. The van der Waals surface area contributed by atoms with Crippen molar-refractivity contribution in [2.24, 2.45) is 22.7 Å². The number of aliphatic carboxylic acids is 1. The van der Waals surface area contributed by atoms with Gasteiger partial charge in [-0.2, -0.15) is 0 Å². The Morgan fingerprint density at radius 1 is 1.21 bits per heavy atom. The molecule has 2 heterocycles. The van der Waals surface area contributed by atoms with Crippen molar-refractivity contribution >= 4 is 17.8 Å². The predicted octanol–water partition coefficient (Wildman–Crippen LogP) is 3.66. The first kappa shape index (κ1) is 26.8. The summed E-state index contributed by atoms with van der Waals surface area (Å²) in [5, 5.41) is 31.2. The first-order chi connectivity index (χ1) is 17.8. The van der Waals surface area contributed by atoms with Crippen molar-refractivity contribution in [3.05, 3.63) is 22.8 Å². The third kappa shape index (κ3) is 3.57. The Morgan fingerprint density at radius 2 is 1.92 bits per heavy atom. The Morgan fingerprint density at radius 3 is 2.58 bits per heavy atom. The Bertz CT molecular complexity index is 1190. The second-order valence-electron chi connectivity index (χ2n) is 12.6. The zero-order valence-corrected chi connectivity index (χ0v) is 22.9. The molecular formula is C29H39NO8. The maximum Gasteiger partial charge on any atom is 0.328 e. The number of methoxy groups -OCH3 is 1. The maximum absolute atomic E-state index is 13.5. The van der Waals surface area contributed by atoms with E-state index in [4.69, 9.17) is 9.47 Å². The molecule has 0 aromatic heterocycles. The maximum atomic E-state index is 13.5. The summed E-state index contributed by atoms with van der Waals surface area (Å²) in [4.78, 5) is 38.6. The van der Waals surface area contributed by atoms with Crippen LogP contribution in [0.3, 0.4) is 0 Å². The number of carboxylic acid groups (broad SMARTS) is 1. The fourth-order valence-electron chi connectivity index (χ4n) is 8.34. The van der Waals surface area contributed by atoms with Gasteiger partial charge in [0, 0.05) is 29.4 Å². The summed E-state index contributed by atoms with van der Waals surface area (Å²) in [6, 6.07) is 0.409. The predicted molar refractivity (Wildman–Crippen MR) is 137 cm³/mol. The van der Waals surface area contributed by atoms with Crippen molar-refractivity contribution in [3.63, 3.8) is 0 Å². The molecule has 1 aromatic carbocycles. The van der Waals surface area contributed by atoms with Gasteiger partial charge in [-0.3, -0.25) is 9.59 Å². The Hall–Kier alpha value is -2.81. The number of nitrogens with zero attached hydrogens (tertiary/aromatic N) is 1. The molecular weight excluding hydrogens is 490 g/mol. The zero-order valence-electron chi connectivity index (χ0n) is 22.9. The average molecular weight is 530 g/mol. The van der Waals surface area contributed by atoms with Crippen molar-refractivity contribution < 1.29 is 39.2 Å². The number of aliphatic hydroxyl groups excluding tert-OH is 1. The molecule has 0 saturated heterocycles. The molecule has 6 atom stereocenters. The molecule has 2 aliphatic carbocycles. The first-order valence-corrected chi connectivity index (χ1v) is 13.6. The van der Waals surface area contributed by atoms with E-state index < -0.39 is 29.5 Å². The van der Waals surface area contributed by atoms with E-state index in [0.29, 0.717) is 29.7 Å². The third-order valence-electron chi connectivity index (χ3n) is 10.6. The fraction of sp³-hybridized carbons (Fsp3) is 0.690. The van der Waals surface area contributed by atoms with Gasteiger partial charge in [0.2, 0.25) is 0 Å². The molecule has 0 unspecified atom stereocenters. The number of carboxylic acids is 1. The summed E-state index contributed by atoms with van der Waals surface area (Å²) in [6.45, 7) is 8.81. The third-order valence-corrected chi connectivity index (χ3v) is 10.6. The molecule has 5 rings (SSSR count). The highest BCUT2D eigenvalue weighted by Crippen LogP contribution is 2.67. The lowest BCUT2D eigenvalue weighted by Gasteiger charge is -2.64. The number of phenols is 1. The number of benzene rings is 1. The van der Waals surface area contributed by atoms with Crippen molar-refractivity contribution in [1.82, 2.24) is 4.90 Å². The molecule has 208 valence electrons. The van der Waals surface area contributed by atoms with Crippen molar-refractivity contribution in [3.8, 4) is 11.5 Å². The lowest BCUT2D eigenvalue weighted by molar-refractivity contribution is -0.210. The smallest absolute Gasteiger partial charge is 0.328 e. The molecule has 0 radical (unpaired) electrons. The van der Waals surface area contributed by atoms with Gasteiger partial charge in [0.25, 0.3) is 5.91 Å². The Labute approximate surface area is 223 Å². The number of hydrogen-bond acceptors (Lipinski definition) is 7. The van der Waals surface area contributed by atoms with Crippen LogP contribution in [-0.2, 0) is 27.3 Å². The number of esters is 1. The molecule has 38 heavy (non-hydrogen) atoms. The SMILES string of the molecule is COC(=O)[C@H](CCC(=O)O)N1Cc2c(cc(O)c3c2O[C@]2(C3)[C@H](C)CC[C@H]3C(C)(C)[C@H](O)CC[C@@]32C)C1=O. The molecule has 9 heteroatoms. The van der Waals surface area contributed by atoms with Crippen LogP contribution < -0.4 is 4.74 Å². The standard InChI is InChI=1S/C29H39NO8/c1-15-6-8-21-27(2,3)22(32)10-11-28(21,4)29(15)13-17-20(31)12-16-18(24(17)38-29)14-30(25(16)35)19(26(36)37-5)7-9-23(33)34/h12,15,19,21-22,31-32H,6-11,13-14H2,1-5H3,(H,33,34)/t15-,19+,21+,22-,28+,29-/m1/s1. The minimum Gasteiger partial charge on any atom is -0.508 e. The fourth-order valence-corrected chi connectivity index (χ4v) is 8.34. The van der Waals surface area contributed by atoms with Gasteiger partial charge in [0.15, 0.2) is 0 Å². The number of carbonyl (C=O) groups excluding carboxylic acids is 2. The van der Waals surface area contributed by atoms with Gasteiger partial charge in [0.1, 0.15) is 23.1 Å². The molecule has 2 saturated carbocycles. The zero-order chi connectivity index (χ0) is 27.8. The number of aromatic hydroxyl groups is 1. The number of rotatable bonds is 5. The molecule has 0 bridgehead atoms. The molecule has 3 N–H and O–H groups in total. The highest BCUT2D eigenvalue weighted by atomic mass is 16.5. The van der Waals surface area contributed by atoms with E-state index in [2.05, 4.69) is 27.7 Å². The molecule has 1 spiro atoms. The Balaban J connectivity index is 1.54. The van der Waals surface area contributed by atoms with E-state index >= 15 is 0 Å². The van der Waals surface area contributed by atoms with Crippen LogP contribution in [0.5, 0.6) is 11.5 Å². The second-order valence-corrected chi connectivity index (χ2v) is 12.6. The molecule has 2 aliphatic heterocycles. The minimum absolute atomic E-state index is 0.000920. The highest BCUT2D eigenvalue weighted by molar-refractivity contribution is 6.02. The van der Waals surface area contributed by atoms with Crippen LogP contribution in [0.25, 0.3) is 0 Å². The normalized spacial score (nSPS) is 33.8. The monoisotopic (exact) mass is 529 g/mol. The van der Waals surface area contributed by atoms with Gasteiger partial charge in [-0.25, -0.2) is 4.79 Å². The van der Waals surface area contributed by atoms with Crippen LogP contribution in [0.4, 0.5) is 0 Å². The lowest BCUT2D eigenvalue weighted by atomic mass is 9.43. The van der Waals surface area contributed by atoms with E-state index in [-0.39, 0.29) is 59.5 Å². The highest BCUT2D eigenvalue weighted by Gasteiger charge is 2.67. The van der Waals surface area contributed by atoms with Gasteiger partial charge in [-0.15, -0.1) is 0 Å². The summed E-state index contributed by atoms with van der Waals surface area (Å²) in [7, 11) is 1.21. The Kier molecular flexibility index (Phi) is 6.25. The van der Waals surface area contributed by atoms with Crippen LogP contribution in [0.1, 0.15) is 87.7 Å². The summed E-state index contributed by atoms with van der Waals surface area (Å²) < 4.78 is 11.9. The van der Waals surface area contributed by atoms with E-state index in [9.17, 15) is 29.7 Å². The van der Waals surface area contributed by atoms with Gasteiger partial charge >= 0.3 is 11.9 Å². The van der Waals surface area contributed by atoms with Crippen LogP contribution in [-0.4, -0.2) is 62.9 Å².